The van der Waals surface area contributed by atoms with Gasteiger partial charge >= 0.3 is 11.9 Å². The summed E-state index contributed by atoms with van der Waals surface area (Å²) in [5.74, 6) is 0.0507. The lowest BCUT2D eigenvalue weighted by Crippen LogP contribution is -2.40. The van der Waals surface area contributed by atoms with Gasteiger partial charge < -0.3 is 5.32 Å². The normalized spacial score (nSPS) is 14.6. The molecule has 24 heavy (non-hydrogen) atoms. The number of urea groups is 1. The first-order chi connectivity index (χ1) is 13.8. The third kappa shape index (κ3) is 4.19. The van der Waals surface area contributed by atoms with Crippen LogP contribution in [0, 0.1) is 0 Å². The molecule has 0 saturated carbocycles. The summed E-state index contributed by atoms with van der Waals surface area (Å²) in [6.07, 6.45) is 2.22. The fourth-order valence-corrected chi connectivity index (χ4v) is 2.14. The van der Waals surface area contributed by atoms with Crippen LogP contribution in [-0.2, 0) is 6.42 Å². The Bertz CT molecular complexity index is 1010. The first-order valence-electron chi connectivity index (χ1n) is 9.85. The zero-order valence-corrected chi connectivity index (χ0v) is 13.0. The Labute approximate surface area is 147 Å². The number of benzene rings is 2. The van der Waals surface area contributed by atoms with Gasteiger partial charge in [-0.3, -0.25) is 9.84 Å². The number of rotatable bonds is 5. The molecule has 2 N–H and O–H groups in total. The van der Waals surface area contributed by atoms with E-state index >= 15 is 0 Å². The summed E-state index contributed by atoms with van der Waals surface area (Å²) in [6, 6.07) is 6.39. The van der Waals surface area contributed by atoms with Gasteiger partial charge in [0.2, 0.25) is 5.27 Å². The van der Waals surface area contributed by atoms with Gasteiger partial charge in [-0.2, -0.15) is 0 Å². The van der Waals surface area contributed by atoms with Gasteiger partial charge in [-0.25, -0.2) is 4.79 Å². The second-order valence-electron chi connectivity index (χ2n) is 5.16. The third-order valence-electron chi connectivity index (χ3n) is 3.28. The molecule has 0 bridgehead atoms. The van der Waals surface area contributed by atoms with Crippen molar-refractivity contribution in [1.29, 1.82) is 0 Å². The van der Waals surface area contributed by atoms with Gasteiger partial charge in [-0.15, -0.1) is 0 Å². The monoisotopic (exact) mass is 328 g/mol. The molecule has 6 nitrogen and oxygen atoms in total. The maximum absolute atomic E-state index is 12.2. The fraction of sp³-hybridized carbons (Fsp3) is 0.167. The number of carbonyl (C=O) groups is 1. The van der Waals surface area contributed by atoms with Crippen molar-refractivity contribution in [2.75, 3.05) is 10.6 Å². The van der Waals surface area contributed by atoms with Crippen molar-refractivity contribution < 1.29 is 20.9 Å². The minimum absolute atomic E-state index is 0.0270. The van der Waals surface area contributed by atoms with Gasteiger partial charge in [0.15, 0.2) is 6.04 Å². The van der Waals surface area contributed by atoms with Crippen molar-refractivity contribution in [3.8, 4) is 0 Å². The van der Waals surface area contributed by atoms with Crippen LogP contribution in [0.4, 0.5) is 16.4 Å². The number of anilines is 2. The van der Waals surface area contributed by atoms with Gasteiger partial charge in [-0.05, 0) is 22.3 Å². The lowest BCUT2D eigenvalue weighted by Gasteiger charge is -2.03. The Kier molecular flexibility index (Phi) is 3.27. The standard InChI is InChI=1S/C18H18N4O2/c1-14(12-15-8-4-2-5-9-15)22-13-17(24-21-22)20-18(23)19-16-10-6-3-7-11-16/h2-11,13-14H,12H2,1H3,(H-,19,20,21,23)/p+1/i3D,6D,7D,10D,11D. The molecule has 0 aliphatic rings. The van der Waals surface area contributed by atoms with E-state index in [1.165, 1.54) is 6.20 Å². The van der Waals surface area contributed by atoms with Gasteiger partial charge in [0.25, 0.3) is 6.20 Å². The maximum atomic E-state index is 12.2. The summed E-state index contributed by atoms with van der Waals surface area (Å²) in [7, 11) is 0. The summed E-state index contributed by atoms with van der Waals surface area (Å²) >= 11 is 0. The van der Waals surface area contributed by atoms with Crippen molar-refractivity contribution in [1.82, 2.24) is 5.27 Å². The van der Waals surface area contributed by atoms with Crippen LogP contribution in [0.2, 0.25) is 0 Å². The predicted molar refractivity (Wildman–Crippen MR) is 90.6 cm³/mol. The molecule has 2 aromatic carbocycles. The molecule has 0 saturated heterocycles. The molecule has 0 spiro atoms. The Morgan fingerprint density at radius 1 is 1.25 bits per heavy atom. The second kappa shape index (κ2) is 7.41. The van der Waals surface area contributed by atoms with Gasteiger partial charge in [-0.1, -0.05) is 48.5 Å². The Balaban J connectivity index is 1.68. The molecular formula is C18H19N4O2+. The van der Waals surface area contributed by atoms with E-state index in [1.807, 2.05) is 37.3 Å². The average Bonchev–Trinajstić information content (AvgIpc) is 3.17. The SMILES string of the molecule is [2H]c1c([2H])c([2H])c(NC(=O)Nc2c[n+](C(C)Cc3ccccc3)no2)c([2H])c1[2H]. The molecule has 1 heterocycles. The number of nitrogens with zero attached hydrogens (tertiary/aromatic N) is 2. The molecule has 2 amide bonds. The van der Waals surface area contributed by atoms with E-state index in [2.05, 4.69) is 15.9 Å². The van der Waals surface area contributed by atoms with E-state index in [4.69, 9.17) is 11.4 Å². The average molecular weight is 328 g/mol. The Morgan fingerprint density at radius 2 is 2.00 bits per heavy atom. The number of para-hydroxylation sites is 1. The molecular weight excluding hydrogens is 304 g/mol. The number of hydrogen-bond acceptors (Lipinski definition) is 3. The Morgan fingerprint density at radius 3 is 2.75 bits per heavy atom. The second-order valence-corrected chi connectivity index (χ2v) is 5.16. The lowest BCUT2D eigenvalue weighted by molar-refractivity contribution is -0.782. The number of amides is 2. The van der Waals surface area contributed by atoms with Crippen LogP contribution in [0.15, 0.2) is 71.3 Å². The van der Waals surface area contributed by atoms with Crippen LogP contribution in [0.3, 0.4) is 0 Å². The van der Waals surface area contributed by atoms with Crippen LogP contribution in [0.25, 0.3) is 0 Å². The summed E-state index contributed by atoms with van der Waals surface area (Å²) < 4.78 is 45.1. The smallest absolute Gasteiger partial charge is 0.308 e. The summed E-state index contributed by atoms with van der Waals surface area (Å²) in [5, 5.41) is 8.56. The van der Waals surface area contributed by atoms with Crippen LogP contribution in [0.5, 0.6) is 0 Å². The van der Waals surface area contributed by atoms with Crippen LogP contribution < -0.4 is 15.3 Å². The minimum Gasteiger partial charge on any atom is -0.308 e. The lowest BCUT2D eigenvalue weighted by atomic mass is 10.1. The molecule has 0 aliphatic carbocycles. The quantitative estimate of drug-likeness (QED) is 0.705. The van der Waals surface area contributed by atoms with Crippen molar-refractivity contribution >= 4 is 17.6 Å². The first-order valence-corrected chi connectivity index (χ1v) is 7.35. The van der Waals surface area contributed by atoms with Gasteiger partial charge in [0.1, 0.15) is 0 Å². The zero-order valence-electron chi connectivity index (χ0n) is 18.0. The molecule has 122 valence electrons. The summed E-state index contributed by atoms with van der Waals surface area (Å²) in [4.78, 5) is 12.2. The van der Waals surface area contributed by atoms with Crippen molar-refractivity contribution in [3.05, 3.63) is 72.3 Å². The van der Waals surface area contributed by atoms with E-state index in [9.17, 15) is 4.79 Å². The van der Waals surface area contributed by atoms with Crippen LogP contribution in [-0.4, -0.2) is 11.3 Å². The molecule has 1 aromatic heterocycles. The number of nitrogens with one attached hydrogen (secondary N) is 2. The maximum Gasteiger partial charge on any atom is 0.326 e. The van der Waals surface area contributed by atoms with E-state index in [0.29, 0.717) is 6.42 Å². The number of carbonyl (C=O) groups excluding carboxylic acids is 1. The highest BCUT2D eigenvalue weighted by Crippen LogP contribution is 2.10. The first kappa shape index (κ1) is 10.6. The predicted octanol–water partition coefficient (Wildman–Crippen LogP) is 3.41. The van der Waals surface area contributed by atoms with Crippen LogP contribution >= 0.6 is 0 Å². The third-order valence-corrected chi connectivity index (χ3v) is 3.28. The molecule has 6 heteroatoms. The minimum atomic E-state index is -0.817. The topological polar surface area (TPSA) is 71.0 Å². The molecule has 3 rings (SSSR count). The summed E-state index contributed by atoms with van der Waals surface area (Å²) in [6.45, 7) is 1.95. The van der Waals surface area contributed by atoms with E-state index in [0.717, 1.165) is 5.56 Å². The van der Waals surface area contributed by atoms with Gasteiger partial charge in [0.05, 0.1) is 6.85 Å². The van der Waals surface area contributed by atoms with Crippen LogP contribution in [0.1, 0.15) is 25.4 Å². The number of hydrogen-bond donors (Lipinski definition) is 2. The molecule has 3 aromatic rings. The van der Waals surface area contributed by atoms with E-state index in [-0.39, 0.29) is 17.6 Å². The highest BCUT2D eigenvalue weighted by Gasteiger charge is 2.20. The highest BCUT2D eigenvalue weighted by atomic mass is 16.5. The largest absolute Gasteiger partial charge is 0.326 e. The molecule has 1 atom stereocenters. The fourth-order valence-electron chi connectivity index (χ4n) is 2.14. The zero-order chi connectivity index (χ0) is 21.1. The van der Waals surface area contributed by atoms with Crippen molar-refractivity contribution in [2.45, 2.75) is 19.4 Å². The molecule has 0 radical (unpaired) electrons. The molecule has 1 unspecified atom stereocenters. The van der Waals surface area contributed by atoms with Crippen molar-refractivity contribution in [3.63, 3.8) is 0 Å². The van der Waals surface area contributed by atoms with E-state index < -0.39 is 36.2 Å². The Hall–Kier alpha value is -3.15. The summed E-state index contributed by atoms with van der Waals surface area (Å²) in [5.41, 5.74) is 0.808. The van der Waals surface area contributed by atoms with Gasteiger partial charge in [0, 0.05) is 19.0 Å². The van der Waals surface area contributed by atoms with Crippen molar-refractivity contribution in [2.24, 2.45) is 0 Å². The number of aromatic nitrogens is 2. The van der Waals surface area contributed by atoms with E-state index in [1.54, 1.807) is 4.68 Å². The molecule has 0 fully saturated rings. The molecule has 0 aliphatic heterocycles. The highest BCUT2D eigenvalue weighted by molar-refractivity contribution is 5.98.